The van der Waals surface area contributed by atoms with Crippen molar-refractivity contribution < 1.29 is 9.69 Å². The van der Waals surface area contributed by atoms with Gasteiger partial charge in [0.15, 0.2) is 0 Å². The number of para-hydroxylation sites is 1. The molecule has 4 nitrogen and oxygen atoms in total. The van der Waals surface area contributed by atoms with Gasteiger partial charge in [0.1, 0.15) is 13.1 Å². The van der Waals surface area contributed by atoms with Gasteiger partial charge in [-0.25, -0.2) is 0 Å². The fourth-order valence-electron chi connectivity index (χ4n) is 4.35. The Balaban J connectivity index is 1.52. The standard InChI is InChI=1S/C26H22IN3O/c27-19-10-12-20(13-11-19)28-26(31)25-21-8-4-5-9-23(21)29-24-14-15-30(17-22(24)25)16-18-6-2-1-3-7-18/h1-13H,14-17H2,(H,28,31)/p+1. The smallest absolute Gasteiger partial charge is 0.256 e. The Morgan fingerprint density at radius 2 is 1.71 bits per heavy atom. The summed E-state index contributed by atoms with van der Waals surface area (Å²) in [6.07, 6.45) is 0.881. The van der Waals surface area contributed by atoms with Gasteiger partial charge in [0.2, 0.25) is 0 Å². The Bertz CT molecular complexity index is 1240. The van der Waals surface area contributed by atoms with Crippen LogP contribution in [0, 0.1) is 3.57 Å². The number of carbonyl (C=O) groups is 1. The maximum Gasteiger partial charge on any atom is 0.256 e. The van der Waals surface area contributed by atoms with Gasteiger partial charge < -0.3 is 10.2 Å². The number of benzene rings is 3. The first-order chi connectivity index (χ1) is 15.2. The molecule has 5 rings (SSSR count). The Morgan fingerprint density at radius 3 is 2.52 bits per heavy atom. The predicted molar refractivity (Wildman–Crippen MR) is 132 cm³/mol. The van der Waals surface area contributed by atoms with E-state index in [0.717, 1.165) is 63.0 Å². The summed E-state index contributed by atoms with van der Waals surface area (Å²) in [4.78, 5) is 19.9. The van der Waals surface area contributed by atoms with Gasteiger partial charge in [0, 0.05) is 32.2 Å². The molecular weight excluding hydrogens is 497 g/mol. The van der Waals surface area contributed by atoms with Gasteiger partial charge >= 0.3 is 0 Å². The van der Waals surface area contributed by atoms with E-state index in [1.807, 2.05) is 54.6 Å². The van der Waals surface area contributed by atoms with Crippen LogP contribution in [0.25, 0.3) is 10.9 Å². The van der Waals surface area contributed by atoms with Gasteiger partial charge in [-0.1, -0.05) is 48.5 Å². The second-order valence-corrected chi connectivity index (χ2v) is 9.23. The molecule has 0 bridgehead atoms. The fourth-order valence-corrected chi connectivity index (χ4v) is 4.71. The lowest BCUT2D eigenvalue weighted by molar-refractivity contribution is -0.929. The number of hydrogen-bond donors (Lipinski definition) is 2. The zero-order chi connectivity index (χ0) is 21.2. The van der Waals surface area contributed by atoms with Crippen LogP contribution in [-0.2, 0) is 19.5 Å². The van der Waals surface area contributed by atoms with Crippen LogP contribution in [-0.4, -0.2) is 17.4 Å². The highest BCUT2D eigenvalue weighted by atomic mass is 127. The van der Waals surface area contributed by atoms with Crippen molar-refractivity contribution in [1.29, 1.82) is 0 Å². The van der Waals surface area contributed by atoms with E-state index in [0.29, 0.717) is 0 Å². The number of halogens is 1. The van der Waals surface area contributed by atoms with E-state index in [4.69, 9.17) is 4.98 Å². The van der Waals surface area contributed by atoms with Crippen molar-refractivity contribution in [3.63, 3.8) is 0 Å². The van der Waals surface area contributed by atoms with Gasteiger partial charge in [-0.05, 0) is 52.9 Å². The van der Waals surface area contributed by atoms with Crippen LogP contribution in [0.15, 0.2) is 78.9 Å². The van der Waals surface area contributed by atoms with Crippen LogP contribution in [0.3, 0.4) is 0 Å². The van der Waals surface area contributed by atoms with E-state index in [9.17, 15) is 4.79 Å². The first-order valence-electron chi connectivity index (χ1n) is 10.5. The number of aromatic nitrogens is 1. The molecule has 154 valence electrons. The normalized spacial score (nSPS) is 15.5. The second-order valence-electron chi connectivity index (χ2n) is 7.98. The lowest BCUT2D eigenvalue weighted by Gasteiger charge is -2.27. The highest BCUT2D eigenvalue weighted by Gasteiger charge is 2.28. The molecule has 4 aromatic rings. The number of rotatable bonds is 4. The molecule has 0 saturated carbocycles. The van der Waals surface area contributed by atoms with Crippen molar-refractivity contribution in [1.82, 2.24) is 4.98 Å². The minimum atomic E-state index is -0.0583. The number of nitrogens with zero attached hydrogens (tertiary/aromatic N) is 1. The summed E-state index contributed by atoms with van der Waals surface area (Å²) in [5.74, 6) is -0.0583. The Kier molecular flexibility index (Phi) is 5.70. The zero-order valence-electron chi connectivity index (χ0n) is 17.1. The maximum atomic E-state index is 13.5. The van der Waals surface area contributed by atoms with Crippen LogP contribution in [0.5, 0.6) is 0 Å². The van der Waals surface area contributed by atoms with Crippen molar-refractivity contribution >= 4 is 45.1 Å². The Hall–Kier alpha value is -2.77. The van der Waals surface area contributed by atoms with Crippen LogP contribution >= 0.6 is 22.6 Å². The van der Waals surface area contributed by atoms with Crippen LogP contribution < -0.4 is 10.2 Å². The third-order valence-corrected chi connectivity index (χ3v) is 6.57. The molecule has 1 unspecified atom stereocenters. The summed E-state index contributed by atoms with van der Waals surface area (Å²) < 4.78 is 1.14. The van der Waals surface area contributed by atoms with Gasteiger partial charge in [0.25, 0.3) is 5.91 Å². The molecule has 5 heteroatoms. The minimum Gasteiger partial charge on any atom is -0.327 e. The molecule has 0 fully saturated rings. The second kappa shape index (κ2) is 8.77. The monoisotopic (exact) mass is 520 g/mol. The van der Waals surface area contributed by atoms with Crippen LogP contribution in [0.4, 0.5) is 5.69 Å². The summed E-state index contributed by atoms with van der Waals surface area (Å²) in [7, 11) is 0. The topological polar surface area (TPSA) is 46.4 Å². The summed E-state index contributed by atoms with van der Waals surface area (Å²) in [5.41, 5.74) is 5.93. The third-order valence-electron chi connectivity index (χ3n) is 5.85. The Morgan fingerprint density at radius 1 is 0.968 bits per heavy atom. The van der Waals surface area contributed by atoms with Gasteiger partial charge in [-0.2, -0.15) is 0 Å². The number of hydrogen-bond acceptors (Lipinski definition) is 2. The van der Waals surface area contributed by atoms with Crippen molar-refractivity contribution in [2.45, 2.75) is 19.5 Å². The molecule has 0 spiro atoms. The van der Waals surface area contributed by atoms with Crippen molar-refractivity contribution in [2.24, 2.45) is 0 Å². The lowest BCUT2D eigenvalue weighted by atomic mass is 9.95. The van der Waals surface area contributed by atoms with E-state index in [1.54, 1.807) is 0 Å². The largest absolute Gasteiger partial charge is 0.327 e. The number of carbonyl (C=O) groups excluding carboxylic acids is 1. The molecule has 1 aromatic heterocycles. The first kappa shape index (κ1) is 20.2. The SMILES string of the molecule is O=C(Nc1ccc(I)cc1)c1c2c(nc3ccccc13)CC[NH+](Cc1ccccc1)C2. The van der Waals surface area contributed by atoms with Gasteiger partial charge in [0.05, 0.1) is 23.3 Å². The van der Waals surface area contributed by atoms with Gasteiger partial charge in [-0.3, -0.25) is 9.78 Å². The van der Waals surface area contributed by atoms with Crippen molar-refractivity contribution in [2.75, 3.05) is 11.9 Å². The molecule has 1 atom stereocenters. The van der Waals surface area contributed by atoms with Crippen molar-refractivity contribution in [3.05, 3.63) is 105 Å². The summed E-state index contributed by atoms with van der Waals surface area (Å²) in [6.45, 7) is 2.77. The number of anilines is 1. The molecule has 1 aliphatic rings. The quantitative estimate of drug-likeness (QED) is 0.396. The average molecular weight is 520 g/mol. The molecule has 2 heterocycles. The summed E-state index contributed by atoms with van der Waals surface area (Å²) in [6, 6.07) is 26.4. The van der Waals surface area contributed by atoms with Crippen molar-refractivity contribution in [3.8, 4) is 0 Å². The third kappa shape index (κ3) is 4.34. The molecule has 1 aliphatic heterocycles. The minimum absolute atomic E-state index is 0.0583. The zero-order valence-corrected chi connectivity index (χ0v) is 19.2. The molecule has 0 aliphatic carbocycles. The first-order valence-corrected chi connectivity index (χ1v) is 11.6. The lowest BCUT2D eigenvalue weighted by Crippen LogP contribution is -3.10. The molecule has 3 aromatic carbocycles. The van der Waals surface area contributed by atoms with E-state index in [1.165, 1.54) is 10.5 Å². The van der Waals surface area contributed by atoms with E-state index < -0.39 is 0 Å². The van der Waals surface area contributed by atoms with E-state index in [2.05, 4.69) is 52.2 Å². The number of amides is 1. The van der Waals surface area contributed by atoms with Crippen LogP contribution in [0.1, 0.15) is 27.2 Å². The number of quaternary nitrogens is 1. The van der Waals surface area contributed by atoms with E-state index in [-0.39, 0.29) is 5.91 Å². The molecule has 0 saturated heterocycles. The highest BCUT2D eigenvalue weighted by Crippen LogP contribution is 2.26. The highest BCUT2D eigenvalue weighted by molar-refractivity contribution is 14.1. The molecule has 1 amide bonds. The average Bonchev–Trinajstić information content (AvgIpc) is 2.79. The number of nitrogens with one attached hydrogen (secondary N) is 2. The molecule has 0 radical (unpaired) electrons. The molecule has 2 N–H and O–H groups in total. The number of fused-ring (bicyclic) bond motifs is 2. The summed E-state index contributed by atoms with van der Waals surface area (Å²) >= 11 is 2.27. The maximum absolute atomic E-state index is 13.5. The van der Waals surface area contributed by atoms with Crippen LogP contribution in [0.2, 0.25) is 0 Å². The summed E-state index contributed by atoms with van der Waals surface area (Å²) in [5, 5.41) is 4.03. The number of pyridine rings is 1. The molecular formula is C26H23IN3O+. The fraction of sp³-hybridized carbons (Fsp3) is 0.154. The van der Waals surface area contributed by atoms with Gasteiger partial charge in [-0.15, -0.1) is 0 Å². The van der Waals surface area contributed by atoms with E-state index >= 15 is 0 Å². The predicted octanol–water partition coefficient (Wildman–Crippen LogP) is 4.23. The molecule has 31 heavy (non-hydrogen) atoms. The Labute approximate surface area is 195 Å².